The maximum Gasteiger partial charge on any atom is 0.291 e. The summed E-state index contributed by atoms with van der Waals surface area (Å²) in [6.45, 7) is 0.468. The molecule has 0 bridgehead atoms. The molecule has 2 amide bonds. The summed E-state index contributed by atoms with van der Waals surface area (Å²) in [6.07, 6.45) is 3.52. The molecule has 1 aromatic heterocycles. The summed E-state index contributed by atoms with van der Waals surface area (Å²) in [6, 6.07) is 0. The Hall–Kier alpha value is -1.94. The first kappa shape index (κ1) is 16.4. The van der Waals surface area contributed by atoms with Crippen LogP contribution >= 0.6 is 0 Å². The van der Waals surface area contributed by atoms with Crippen LogP contribution in [0.2, 0.25) is 0 Å². The molecule has 0 spiro atoms. The molecule has 0 aliphatic carbocycles. The molecule has 1 N–H and O–H groups in total. The van der Waals surface area contributed by atoms with Crippen LogP contribution in [0.4, 0.5) is 0 Å². The van der Waals surface area contributed by atoms with E-state index in [4.69, 9.17) is 4.42 Å². The van der Waals surface area contributed by atoms with Crippen molar-refractivity contribution in [1.82, 2.24) is 19.5 Å². The van der Waals surface area contributed by atoms with Gasteiger partial charge in [0.05, 0.1) is 18.4 Å². The fourth-order valence-electron chi connectivity index (χ4n) is 2.32. The van der Waals surface area contributed by atoms with Crippen molar-refractivity contribution in [3.8, 4) is 0 Å². The number of nitrogens with zero attached hydrogens (tertiary/aromatic N) is 3. The van der Waals surface area contributed by atoms with Gasteiger partial charge in [-0.25, -0.2) is 13.4 Å². The second-order valence-electron chi connectivity index (χ2n) is 5.05. The van der Waals surface area contributed by atoms with Crippen molar-refractivity contribution < 1.29 is 22.4 Å². The summed E-state index contributed by atoms with van der Waals surface area (Å²) >= 11 is 0. The van der Waals surface area contributed by atoms with E-state index in [1.165, 1.54) is 22.4 Å². The Labute approximate surface area is 128 Å². The molecule has 122 valence electrons. The normalized spacial score (nSPS) is 20.5. The quantitative estimate of drug-likeness (QED) is 0.741. The molecule has 1 atom stereocenters. The number of carbonyl (C=O) groups excluding carboxylic acids is 2. The van der Waals surface area contributed by atoms with Gasteiger partial charge >= 0.3 is 0 Å². The van der Waals surface area contributed by atoms with E-state index in [2.05, 4.69) is 10.3 Å². The van der Waals surface area contributed by atoms with Gasteiger partial charge in [0.1, 0.15) is 0 Å². The van der Waals surface area contributed by atoms with E-state index in [1.54, 1.807) is 0 Å². The Kier molecular flexibility index (Phi) is 4.81. The van der Waals surface area contributed by atoms with Gasteiger partial charge in [-0.05, 0) is 0 Å². The number of hydrogen-bond donors (Lipinski definition) is 1. The Morgan fingerprint density at radius 2 is 2.09 bits per heavy atom. The molecule has 0 unspecified atom stereocenters. The third-order valence-corrected chi connectivity index (χ3v) is 4.77. The minimum absolute atomic E-state index is 0.0404. The molecular formula is C12H18N4O5S. The molecule has 9 nitrogen and oxygen atoms in total. The molecule has 1 aromatic rings. The van der Waals surface area contributed by atoms with Gasteiger partial charge in [0, 0.05) is 33.2 Å². The van der Waals surface area contributed by atoms with Gasteiger partial charge in [0.2, 0.25) is 21.7 Å². The molecule has 22 heavy (non-hydrogen) atoms. The fourth-order valence-corrected chi connectivity index (χ4v) is 3.18. The number of amides is 2. The van der Waals surface area contributed by atoms with Crippen molar-refractivity contribution in [2.24, 2.45) is 5.92 Å². The van der Waals surface area contributed by atoms with E-state index in [1.807, 2.05) is 0 Å². The van der Waals surface area contributed by atoms with Crippen LogP contribution in [-0.4, -0.2) is 73.9 Å². The predicted molar refractivity (Wildman–Crippen MR) is 76.4 cm³/mol. The summed E-state index contributed by atoms with van der Waals surface area (Å²) in [5.74, 6) is -1.31. The number of aromatic nitrogens is 1. The zero-order valence-electron chi connectivity index (χ0n) is 12.4. The molecule has 1 aliphatic rings. The van der Waals surface area contributed by atoms with Gasteiger partial charge in [-0.1, -0.05) is 0 Å². The number of sulfonamides is 1. The number of nitrogens with one attached hydrogen (secondary N) is 1. The third kappa shape index (κ3) is 3.63. The third-order valence-electron chi connectivity index (χ3n) is 3.50. The molecule has 0 aromatic carbocycles. The maximum atomic E-state index is 12.3. The van der Waals surface area contributed by atoms with Crippen molar-refractivity contribution in [3.05, 3.63) is 18.4 Å². The molecule has 2 heterocycles. The largest absolute Gasteiger partial charge is 0.438 e. The standard InChI is InChI=1S/C12H18N4O5S/c1-13-11(17)9-6-15(12(18)10-5-14-8-21-10)3-4-16(7-9)22(2,19)20/h5,8-9H,3-4,6-7H2,1-2H3,(H,13,17)/t9-/m0/s1. The fraction of sp³-hybridized carbons (Fsp3) is 0.583. The zero-order valence-corrected chi connectivity index (χ0v) is 13.2. The Balaban J connectivity index is 2.23. The van der Waals surface area contributed by atoms with Crippen LogP contribution in [0.5, 0.6) is 0 Å². The summed E-state index contributed by atoms with van der Waals surface area (Å²) in [5.41, 5.74) is 0. The van der Waals surface area contributed by atoms with Gasteiger partial charge in [-0.15, -0.1) is 0 Å². The number of hydrogen-bond acceptors (Lipinski definition) is 6. The molecule has 0 radical (unpaired) electrons. The first-order chi connectivity index (χ1) is 10.3. The Bertz CT molecular complexity index is 642. The first-order valence-corrected chi connectivity index (χ1v) is 8.52. The molecule has 2 rings (SSSR count). The predicted octanol–water partition coefficient (Wildman–Crippen LogP) is -1.25. The van der Waals surface area contributed by atoms with Crippen LogP contribution in [0.3, 0.4) is 0 Å². The van der Waals surface area contributed by atoms with E-state index in [9.17, 15) is 18.0 Å². The lowest BCUT2D eigenvalue weighted by atomic mass is 10.1. The van der Waals surface area contributed by atoms with Crippen molar-refractivity contribution in [3.63, 3.8) is 0 Å². The van der Waals surface area contributed by atoms with Crippen LogP contribution in [0.15, 0.2) is 17.0 Å². The summed E-state index contributed by atoms with van der Waals surface area (Å²) < 4.78 is 29.7. The molecule has 1 fully saturated rings. The SMILES string of the molecule is CNC(=O)[C@H]1CN(C(=O)c2cnco2)CCN(S(C)(=O)=O)C1. The lowest BCUT2D eigenvalue weighted by Gasteiger charge is -2.22. The van der Waals surface area contributed by atoms with Gasteiger partial charge in [-0.2, -0.15) is 4.31 Å². The molecule has 0 saturated carbocycles. The zero-order chi connectivity index (χ0) is 16.3. The molecular weight excluding hydrogens is 312 g/mol. The van der Waals surface area contributed by atoms with Crippen LogP contribution in [0.25, 0.3) is 0 Å². The van der Waals surface area contributed by atoms with E-state index in [0.29, 0.717) is 0 Å². The lowest BCUT2D eigenvalue weighted by molar-refractivity contribution is -0.124. The highest BCUT2D eigenvalue weighted by Gasteiger charge is 2.33. The number of carbonyl (C=O) groups is 2. The van der Waals surface area contributed by atoms with Crippen LogP contribution in [0, 0.1) is 5.92 Å². The molecule has 10 heteroatoms. The van der Waals surface area contributed by atoms with Crippen molar-refractivity contribution in [1.29, 1.82) is 0 Å². The second kappa shape index (κ2) is 6.44. The highest BCUT2D eigenvalue weighted by atomic mass is 32.2. The van der Waals surface area contributed by atoms with Gasteiger partial charge in [0.25, 0.3) is 5.91 Å². The summed E-state index contributed by atoms with van der Waals surface area (Å²) in [4.78, 5) is 29.4. The maximum absolute atomic E-state index is 12.3. The topological polar surface area (TPSA) is 113 Å². The van der Waals surface area contributed by atoms with Gasteiger partial charge in [-0.3, -0.25) is 9.59 Å². The Morgan fingerprint density at radius 1 is 1.36 bits per heavy atom. The lowest BCUT2D eigenvalue weighted by Crippen LogP contribution is -2.42. The highest BCUT2D eigenvalue weighted by Crippen LogP contribution is 2.15. The molecule has 1 saturated heterocycles. The number of rotatable bonds is 3. The summed E-state index contributed by atoms with van der Waals surface area (Å²) in [5, 5.41) is 2.49. The number of oxazole rings is 1. The second-order valence-corrected chi connectivity index (χ2v) is 7.03. The van der Waals surface area contributed by atoms with Gasteiger partial charge in [0.15, 0.2) is 6.39 Å². The smallest absolute Gasteiger partial charge is 0.291 e. The van der Waals surface area contributed by atoms with E-state index in [0.717, 1.165) is 12.6 Å². The van der Waals surface area contributed by atoms with E-state index < -0.39 is 21.8 Å². The first-order valence-electron chi connectivity index (χ1n) is 6.67. The van der Waals surface area contributed by atoms with Crippen LogP contribution < -0.4 is 5.32 Å². The van der Waals surface area contributed by atoms with Crippen LogP contribution in [-0.2, 0) is 14.8 Å². The van der Waals surface area contributed by atoms with Crippen molar-refractivity contribution >= 4 is 21.8 Å². The average Bonchev–Trinajstić information content (AvgIpc) is 2.89. The van der Waals surface area contributed by atoms with Gasteiger partial charge < -0.3 is 14.6 Å². The highest BCUT2D eigenvalue weighted by molar-refractivity contribution is 7.88. The molecule has 1 aliphatic heterocycles. The van der Waals surface area contributed by atoms with Crippen molar-refractivity contribution in [2.45, 2.75) is 0 Å². The minimum Gasteiger partial charge on any atom is -0.438 e. The Morgan fingerprint density at radius 3 is 2.64 bits per heavy atom. The van der Waals surface area contributed by atoms with E-state index >= 15 is 0 Å². The van der Waals surface area contributed by atoms with Crippen molar-refractivity contribution in [2.75, 3.05) is 39.5 Å². The van der Waals surface area contributed by atoms with Crippen LogP contribution in [0.1, 0.15) is 10.6 Å². The van der Waals surface area contributed by atoms with E-state index in [-0.39, 0.29) is 37.8 Å². The monoisotopic (exact) mass is 330 g/mol. The minimum atomic E-state index is -3.45. The summed E-state index contributed by atoms with van der Waals surface area (Å²) in [7, 11) is -1.97. The average molecular weight is 330 g/mol.